The van der Waals surface area contributed by atoms with E-state index in [0.717, 1.165) is 0 Å². The number of amides is 1. The molecule has 0 atom stereocenters. The number of carbonyl (C=O) groups is 2. The number of rotatable bonds is 6. The molecule has 114 valence electrons. The highest BCUT2D eigenvalue weighted by Crippen LogP contribution is 2.40. The lowest BCUT2D eigenvalue weighted by Crippen LogP contribution is -2.29. The third-order valence-electron chi connectivity index (χ3n) is 2.98. The zero-order valence-corrected chi connectivity index (χ0v) is 12.1. The van der Waals surface area contributed by atoms with Crippen LogP contribution in [0.25, 0.3) is 0 Å². The minimum Gasteiger partial charge on any atom is -0.481 e. The van der Waals surface area contributed by atoms with Crippen LogP contribution >= 0.6 is 0 Å². The monoisotopic (exact) mass is 293 g/mol. The minimum atomic E-state index is -0.839. The van der Waals surface area contributed by atoms with E-state index in [1.807, 2.05) is 13.8 Å². The number of hydrogen-bond donors (Lipinski definition) is 2. The molecule has 0 fully saturated rings. The number of carboxylic acid groups (broad SMARTS) is 1. The molecule has 0 spiro atoms. The van der Waals surface area contributed by atoms with Gasteiger partial charge in [-0.25, -0.2) is 0 Å². The summed E-state index contributed by atoms with van der Waals surface area (Å²) in [6.07, 6.45) is 1.44. The number of hydrogen-bond acceptors (Lipinski definition) is 4. The fourth-order valence-corrected chi connectivity index (χ4v) is 2.09. The van der Waals surface area contributed by atoms with Gasteiger partial charge >= 0.3 is 5.97 Å². The van der Waals surface area contributed by atoms with E-state index in [1.54, 1.807) is 18.2 Å². The number of aliphatic carboxylic acids is 1. The van der Waals surface area contributed by atoms with E-state index < -0.39 is 11.8 Å². The third-order valence-corrected chi connectivity index (χ3v) is 2.98. The number of ether oxygens (including phenoxy) is 2. The molecule has 0 radical (unpaired) electrons. The van der Waals surface area contributed by atoms with Gasteiger partial charge in [-0.05, 0) is 25.0 Å². The van der Waals surface area contributed by atoms with Crippen molar-refractivity contribution in [3.63, 3.8) is 0 Å². The van der Waals surface area contributed by atoms with Crippen LogP contribution in [-0.2, 0) is 9.59 Å². The highest BCUT2D eigenvalue weighted by molar-refractivity contribution is 5.91. The summed E-state index contributed by atoms with van der Waals surface area (Å²) in [5.74, 6) is -0.419. The molecule has 1 aromatic rings. The van der Waals surface area contributed by atoms with Gasteiger partial charge < -0.3 is 19.9 Å². The first-order valence-corrected chi connectivity index (χ1v) is 6.89. The zero-order chi connectivity index (χ0) is 15.5. The summed E-state index contributed by atoms with van der Waals surface area (Å²) in [6, 6.07) is 5.22. The molecule has 1 aromatic carbocycles. The number of benzene rings is 1. The van der Waals surface area contributed by atoms with Gasteiger partial charge in [0.25, 0.3) is 0 Å². The first kappa shape index (κ1) is 15.2. The summed E-state index contributed by atoms with van der Waals surface area (Å²) in [5, 5.41) is 11.3. The van der Waals surface area contributed by atoms with Crippen molar-refractivity contribution >= 4 is 17.6 Å². The maximum Gasteiger partial charge on any atom is 0.303 e. The summed E-state index contributed by atoms with van der Waals surface area (Å²) in [4.78, 5) is 22.1. The van der Waals surface area contributed by atoms with Crippen molar-refractivity contribution in [3.8, 4) is 11.5 Å². The molecule has 21 heavy (non-hydrogen) atoms. The van der Waals surface area contributed by atoms with Crippen LogP contribution in [-0.4, -0.2) is 22.8 Å². The average molecular weight is 293 g/mol. The number of unbranched alkanes of at least 4 members (excludes halogenated alkanes) is 1. The Morgan fingerprint density at radius 3 is 2.52 bits per heavy atom. The predicted molar refractivity (Wildman–Crippen MR) is 76.5 cm³/mol. The van der Waals surface area contributed by atoms with Crippen molar-refractivity contribution in [2.24, 2.45) is 0 Å². The summed E-state index contributed by atoms with van der Waals surface area (Å²) in [7, 11) is 0. The quantitative estimate of drug-likeness (QED) is 0.788. The normalized spacial score (nSPS) is 14.8. The molecule has 0 saturated heterocycles. The van der Waals surface area contributed by atoms with Crippen molar-refractivity contribution in [1.82, 2.24) is 0 Å². The van der Waals surface area contributed by atoms with Crippen LogP contribution in [0.2, 0.25) is 0 Å². The van der Waals surface area contributed by atoms with Crippen LogP contribution in [0, 0.1) is 0 Å². The fourth-order valence-electron chi connectivity index (χ4n) is 2.09. The topological polar surface area (TPSA) is 84.9 Å². The van der Waals surface area contributed by atoms with Crippen LogP contribution in [0.15, 0.2) is 18.2 Å². The lowest BCUT2D eigenvalue weighted by atomic mass is 10.2. The highest BCUT2D eigenvalue weighted by atomic mass is 16.7. The van der Waals surface area contributed by atoms with Crippen molar-refractivity contribution in [2.45, 2.75) is 45.3 Å². The van der Waals surface area contributed by atoms with Crippen molar-refractivity contribution in [3.05, 3.63) is 18.2 Å². The van der Waals surface area contributed by atoms with Gasteiger partial charge in [0.2, 0.25) is 11.7 Å². The Labute approximate surface area is 123 Å². The Morgan fingerprint density at radius 2 is 1.81 bits per heavy atom. The average Bonchev–Trinajstić information content (AvgIpc) is 2.67. The lowest BCUT2D eigenvalue weighted by molar-refractivity contribution is -0.137. The molecule has 1 amide bonds. The highest BCUT2D eigenvalue weighted by Gasteiger charge is 2.31. The lowest BCUT2D eigenvalue weighted by Gasteiger charge is -2.16. The van der Waals surface area contributed by atoms with Crippen LogP contribution in [0.5, 0.6) is 11.5 Å². The molecule has 0 aromatic heterocycles. The molecule has 2 N–H and O–H groups in total. The van der Waals surface area contributed by atoms with E-state index in [1.165, 1.54) is 0 Å². The number of fused-ring (bicyclic) bond motifs is 1. The van der Waals surface area contributed by atoms with E-state index >= 15 is 0 Å². The number of carbonyl (C=O) groups excluding carboxylic acids is 1. The number of anilines is 1. The van der Waals surface area contributed by atoms with Gasteiger partial charge in [0.1, 0.15) is 0 Å². The van der Waals surface area contributed by atoms with Gasteiger partial charge in [-0.1, -0.05) is 0 Å². The molecule has 0 unspecified atom stereocenters. The van der Waals surface area contributed by atoms with Crippen molar-refractivity contribution in [2.75, 3.05) is 5.32 Å². The van der Waals surface area contributed by atoms with E-state index in [0.29, 0.717) is 36.4 Å². The molecule has 0 bridgehead atoms. The number of carboxylic acids is 1. The van der Waals surface area contributed by atoms with E-state index in [4.69, 9.17) is 14.6 Å². The first-order chi connectivity index (χ1) is 9.85. The molecular formula is C15H19NO5. The largest absolute Gasteiger partial charge is 0.481 e. The van der Waals surface area contributed by atoms with Gasteiger partial charge in [0.15, 0.2) is 11.5 Å². The standard InChI is InChI=1S/C15H19NO5/c1-15(2)20-11-8-7-10(9-12(11)21-15)16-13(17)5-3-4-6-14(18)19/h7-9H,3-6H2,1-2H3,(H,16,17)(H,18,19). The van der Waals surface area contributed by atoms with Gasteiger partial charge in [0.05, 0.1) is 0 Å². The van der Waals surface area contributed by atoms with E-state index in [2.05, 4.69) is 5.32 Å². The Bertz CT molecular complexity index is 553. The van der Waals surface area contributed by atoms with Crippen molar-refractivity contribution in [1.29, 1.82) is 0 Å². The van der Waals surface area contributed by atoms with Gasteiger partial charge in [-0.3, -0.25) is 9.59 Å². The first-order valence-electron chi connectivity index (χ1n) is 6.89. The molecule has 6 heteroatoms. The summed E-state index contributed by atoms with van der Waals surface area (Å²) < 4.78 is 11.2. The van der Waals surface area contributed by atoms with Crippen LogP contribution in [0.4, 0.5) is 5.69 Å². The Hall–Kier alpha value is -2.24. The Balaban J connectivity index is 1.84. The van der Waals surface area contributed by atoms with Crippen LogP contribution in [0.3, 0.4) is 0 Å². The second kappa shape index (κ2) is 6.03. The SMILES string of the molecule is CC1(C)Oc2ccc(NC(=O)CCCCC(=O)O)cc2O1. The van der Waals surface area contributed by atoms with E-state index in [-0.39, 0.29) is 12.3 Å². The Kier molecular flexibility index (Phi) is 4.35. The molecule has 1 aliphatic rings. The van der Waals surface area contributed by atoms with Crippen LogP contribution < -0.4 is 14.8 Å². The van der Waals surface area contributed by atoms with Crippen LogP contribution in [0.1, 0.15) is 39.5 Å². The van der Waals surface area contributed by atoms with Gasteiger partial charge in [-0.15, -0.1) is 0 Å². The maximum absolute atomic E-state index is 11.8. The summed E-state index contributed by atoms with van der Waals surface area (Å²) >= 11 is 0. The van der Waals surface area contributed by atoms with Gasteiger partial charge in [0, 0.05) is 38.4 Å². The summed E-state index contributed by atoms with van der Waals surface area (Å²) in [5.41, 5.74) is 0.637. The molecule has 0 aliphatic carbocycles. The predicted octanol–water partition coefficient (Wildman–Crippen LogP) is 2.78. The van der Waals surface area contributed by atoms with Gasteiger partial charge in [-0.2, -0.15) is 0 Å². The number of nitrogens with one attached hydrogen (secondary N) is 1. The molecule has 0 saturated carbocycles. The second-order valence-electron chi connectivity index (χ2n) is 5.41. The van der Waals surface area contributed by atoms with Crippen molar-refractivity contribution < 1.29 is 24.2 Å². The molecule has 1 heterocycles. The fraction of sp³-hybridized carbons (Fsp3) is 0.467. The Morgan fingerprint density at radius 1 is 1.14 bits per heavy atom. The minimum absolute atomic E-state index is 0.0897. The smallest absolute Gasteiger partial charge is 0.303 e. The third kappa shape index (κ3) is 4.37. The maximum atomic E-state index is 11.8. The molecule has 1 aliphatic heterocycles. The molecular weight excluding hydrogens is 274 g/mol. The molecule has 6 nitrogen and oxygen atoms in total. The second-order valence-corrected chi connectivity index (χ2v) is 5.41. The summed E-state index contributed by atoms with van der Waals surface area (Å²) in [6.45, 7) is 3.63. The van der Waals surface area contributed by atoms with E-state index in [9.17, 15) is 9.59 Å². The molecule has 2 rings (SSSR count). The zero-order valence-electron chi connectivity index (χ0n) is 12.1.